The molecule has 0 aliphatic rings. The van der Waals surface area contributed by atoms with Gasteiger partial charge in [-0.25, -0.2) is 0 Å². The summed E-state index contributed by atoms with van der Waals surface area (Å²) < 4.78 is 22.3. The SMILES string of the molecule is COC(CS(=O)c1ccc2ccccc2c1)OC. The van der Waals surface area contributed by atoms with E-state index in [1.54, 1.807) is 14.2 Å². The van der Waals surface area contributed by atoms with Gasteiger partial charge in [0.25, 0.3) is 0 Å². The lowest BCUT2D eigenvalue weighted by Gasteiger charge is -2.12. The van der Waals surface area contributed by atoms with E-state index in [0.29, 0.717) is 5.75 Å². The third-order valence-corrected chi connectivity index (χ3v) is 4.15. The molecule has 0 spiro atoms. The molecule has 2 rings (SSSR count). The summed E-state index contributed by atoms with van der Waals surface area (Å²) in [5.74, 6) is 0.339. The van der Waals surface area contributed by atoms with Crippen molar-refractivity contribution >= 4 is 21.6 Å². The van der Waals surface area contributed by atoms with E-state index >= 15 is 0 Å². The van der Waals surface area contributed by atoms with E-state index in [2.05, 4.69) is 0 Å². The van der Waals surface area contributed by atoms with Crippen LogP contribution in [-0.4, -0.2) is 30.5 Å². The lowest BCUT2D eigenvalue weighted by Crippen LogP contribution is -2.21. The first-order valence-electron chi connectivity index (χ1n) is 5.67. The van der Waals surface area contributed by atoms with Crippen molar-refractivity contribution in [2.24, 2.45) is 0 Å². The molecular weight excluding hydrogens is 248 g/mol. The van der Waals surface area contributed by atoms with Gasteiger partial charge in [0.1, 0.15) is 0 Å². The van der Waals surface area contributed by atoms with Gasteiger partial charge >= 0.3 is 0 Å². The number of rotatable bonds is 5. The van der Waals surface area contributed by atoms with Gasteiger partial charge in [-0.05, 0) is 22.9 Å². The highest BCUT2D eigenvalue weighted by atomic mass is 32.2. The maximum Gasteiger partial charge on any atom is 0.168 e. The summed E-state index contributed by atoms with van der Waals surface area (Å²) in [5.41, 5.74) is 0. The number of hydrogen-bond donors (Lipinski definition) is 0. The van der Waals surface area contributed by atoms with E-state index < -0.39 is 17.1 Å². The van der Waals surface area contributed by atoms with Crippen molar-refractivity contribution in [3.63, 3.8) is 0 Å². The van der Waals surface area contributed by atoms with Crippen LogP contribution in [0.25, 0.3) is 10.8 Å². The zero-order valence-electron chi connectivity index (χ0n) is 10.5. The first-order valence-corrected chi connectivity index (χ1v) is 6.99. The minimum atomic E-state index is -1.12. The van der Waals surface area contributed by atoms with Crippen molar-refractivity contribution in [2.45, 2.75) is 11.2 Å². The fourth-order valence-electron chi connectivity index (χ4n) is 1.76. The Morgan fingerprint density at radius 3 is 2.39 bits per heavy atom. The molecule has 0 amide bonds. The monoisotopic (exact) mass is 264 g/mol. The van der Waals surface area contributed by atoms with Gasteiger partial charge in [0.05, 0.1) is 16.6 Å². The Morgan fingerprint density at radius 2 is 1.72 bits per heavy atom. The Bertz CT molecular complexity index is 549. The summed E-state index contributed by atoms with van der Waals surface area (Å²) >= 11 is 0. The summed E-state index contributed by atoms with van der Waals surface area (Å²) in [6.45, 7) is 0. The Kier molecular flexibility index (Phi) is 4.47. The third kappa shape index (κ3) is 2.96. The highest BCUT2D eigenvalue weighted by Crippen LogP contribution is 2.18. The molecule has 1 unspecified atom stereocenters. The van der Waals surface area contributed by atoms with Crippen LogP contribution < -0.4 is 0 Å². The summed E-state index contributed by atoms with van der Waals surface area (Å²) in [5, 5.41) is 2.24. The van der Waals surface area contributed by atoms with Gasteiger partial charge in [-0.2, -0.15) is 0 Å². The highest BCUT2D eigenvalue weighted by molar-refractivity contribution is 7.85. The molecule has 0 saturated carbocycles. The van der Waals surface area contributed by atoms with Crippen molar-refractivity contribution in [3.05, 3.63) is 42.5 Å². The molecule has 96 valence electrons. The molecule has 0 aromatic heterocycles. The largest absolute Gasteiger partial charge is 0.355 e. The fourth-order valence-corrected chi connectivity index (χ4v) is 2.95. The molecule has 1 atom stereocenters. The van der Waals surface area contributed by atoms with Crippen molar-refractivity contribution in [1.82, 2.24) is 0 Å². The Balaban J connectivity index is 2.22. The van der Waals surface area contributed by atoms with Crippen molar-refractivity contribution in [2.75, 3.05) is 20.0 Å². The van der Waals surface area contributed by atoms with Crippen LogP contribution in [0.15, 0.2) is 47.4 Å². The normalized spacial score (nSPS) is 13.1. The summed E-state index contributed by atoms with van der Waals surface area (Å²) in [6, 6.07) is 13.8. The minimum Gasteiger partial charge on any atom is -0.355 e. The summed E-state index contributed by atoms with van der Waals surface area (Å²) in [6.07, 6.45) is -0.433. The molecule has 4 heteroatoms. The van der Waals surface area contributed by atoms with Gasteiger partial charge in [-0.15, -0.1) is 0 Å². The molecule has 0 aliphatic carbocycles. The zero-order valence-corrected chi connectivity index (χ0v) is 11.3. The Hall–Kier alpha value is -1.23. The molecular formula is C14H16O3S. The Labute approximate surface area is 109 Å². The lowest BCUT2D eigenvalue weighted by molar-refractivity contribution is -0.0847. The molecule has 0 saturated heterocycles. The topological polar surface area (TPSA) is 35.5 Å². The molecule has 18 heavy (non-hydrogen) atoms. The number of fused-ring (bicyclic) bond motifs is 1. The number of hydrogen-bond acceptors (Lipinski definition) is 3. The second-order valence-electron chi connectivity index (χ2n) is 3.92. The van der Waals surface area contributed by atoms with Crippen molar-refractivity contribution in [3.8, 4) is 0 Å². The maximum atomic E-state index is 12.2. The maximum absolute atomic E-state index is 12.2. The quantitative estimate of drug-likeness (QED) is 0.779. The van der Waals surface area contributed by atoms with Crippen LogP contribution >= 0.6 is 0 Å². The predicted octanol–water partition coefficient (Wildman–Crippen LogP) is 2.57. The molecule has 0 aliphatic heterocycles. The second kappa shape index (κ2) is 6.09. The van der Waals surface area contributed by atoms with Gasteiger partial charge in [-0.1, -0.05) is 30.3 Å². The average Bonchev–Trinajstić information content (AvgIpc) is 2.44. The predicted molar refractivity (Wildman–Crippen MR) is 73.0 cm³/mol. The highest BCUT2D eigenvalue weighted by Gasteiger charge is 2.12. The van der Waals surface area contributed by atoms with E-state index in [9.17, 15) is 4.21 Å². The Morgan fingerprint density at radius 1 is 1.06 bits per heavy atom. The first kappa shape index (κ1) is 13.2. The fraction of sp³-hybridized carbons (Fsp3) is 0.286. The molecule has 0 bridgehead atoms. The zero-order chi connectivity index (χ0) is 13.0. The van der Waals surface area contributed by atoms with Gasteiger partial charge in [0.2, 0.25) is 0 Å². The van der Waals surface area contributed by atoms with Gasteiger partial charge < -0.3 is 9.47 Å². The molecule has 2 aromatic rings. The van der Waals surface area contributed by atoms with E-state index in [0.717, 1.165) is 15.7 Å². The standard InChI is InChI=1S/C14H16O3S/c1-16-14(17-2)10-18(15)13-8-7-11-5-3-4-6-12(11)9-13/h3-9,14H,10H2,1-2H3. The third-order valence-electron chi connectivity index (χ3n) is 2.80. The van der Waals surface area contributed by atoms with Crippen molar-refractivity contribution in [1.29, 1.82) is 0 Å². The van der Waals surface area contributed by atoms with Crippen LogP contribution in [-0.2, 0) is 20.3 Å². The van der Waals surface area contributed by atoms with Crippen LogP contribution in [0, 0.1) is 0 Å². The molecule has 0 heterocycles. The van der Waals surface area contributed by atoms with E-state index in [-0.39, 0.29) is 0 Å². The first-order chi connectivity index (χ1) is 8.74. The summed E-state index contributed by atoms with van der Waals surface area (Å²) in [7, 11) is 1.98. The van der Waals surface area contributed by atoms with Crippen LogP contribution in [0.4, 0.5) is 0 Å². The second-order valence-corrected chi connectivity index (χ2v) is 5.42. The van der Waals surface area contributed by atoms with E-state index in [1.165, 1.54) is 0 Å². The molecule has 0 fully saturated rings. The molecule has 2 aromatic carbocycles. The number of ether oxygens (including phenoxy) is 2. The van der Waals surface area contributed by atoms with E-state index in [1.807, 2.05) is 42.5 Å². The minimum absolute atomic E-state index is 0.339. The van der Waals surface area contributed by atoms with Crippen molar-refractivity contribution < 1.29 is 13.7 Å². The average molecular weight is 264 g/mol. The number of benzene rings is 2. The van der Waals surface area contributed by atoms with Crippen LogP contribution in [0.2, 0.25) is 0 Å². The molecule has 3 nitrogen and oxygen atoms in total. The van der Waals surface area contributed by atoms with Crippen LogP contribution in [0.1, 0.15) is 0 Å². The smallest absolute Gasteiger partial charge is 0.168 e. The van der Waals surface area contributed by atoms with Gasteiger partial charge in [-0.3, -0.25) is 4.21 Å². The lowest BCUT2D eigenvalue weighted by atomic mass is 10.1. The van der Waals surface area contributed by atoms with Gasteiger partial charge in [0.15, 0.2) is 6.29 Å². The molecule has 0 radical (unpaired) electrons. The van der Waals surface area contributed by atoms with Crippen LogP contribution in [0.5, 0.6) is 0 Å². The summed E-state index contributed by atoms with van der Waals surface area (Å²) in [4.78, 5) is 0.799. The van der Waals surface area contributed by atoms with Gasteiger partial charge in [0, 0.05) is 19.1 Å². The molecule has 0 N–H and O–H groups in total. The number of methoxy groups -OCH3 is 2. The van der Waals surface area contributed by atoms with Crippen LogP contribution in [0.3, 0.4) is 0 Å². The van der Waals surface area contributed by atoms with E-state index in [4.69, 9.17) is 9.47 Å².